The molecule has 2 aliphatic rings. The van der Waals surface area contributed by atoms with Crippen molar-refractivity contribution in [3.05, 3.63) is 30.5 Å². The average Bonchev–Trinajstić information content (AvgIpc) is 3.02. The van der Waals surface area contributed by atoms with Gasteiger partial charge >= 0.3 is 0 Å². The van der Waals surface area contributed by atoms with Gasteiger partial charge in [-0.25, -0.2) is 4.98 Å². The standard InChI is InChI=1S/C16H21N5O2.2ClH/c22-16(11-1-2-14-13(7-11)18-4-6-23-14)19-8-12-10-21-5-3-17-9-15(21)20-12;;/h3,5,9-11,13-14,18H,1-2,4,6-8H2,(H,19,22);2*1H/t11-,13+,14+;;/m0../s1. The van der Waals surface area contributed by atoms with Gasteiger partial charge < -0.3 is 19.8 Å². The van der Waals surface area contributed by atoms with Gasteiger partial charge in [-0.1, -0.05) is 0 Å². The van der Waals surface area contributed by atoms with Gasteiger partial charge in [0.25, 0.3) is 0 Å². The van der Waals surface area contributed by atoms with E-state index in [0.29, 0.717) is 12.6 Å². The zero-order valence-corrected chi connectivity index (χ0v) is 15.4. The van der Waals surface area contributed by atoms with Gasteiger partial charge in [-0.05, 0) is 19.3 Å². The summed E-state index contributed by atoms with van der Waals surface area (Å²) in [5, 5.41) is 6.49. The maximum absolute atomic E-state index is 12.4. The fraction of sp³-hybridized carbons (Fsp3) is 0.562. The van der Waals surface area contributed by atoms with E-state index in [1.54, 1.807) is 12.4 Å². The highest BCUT2D eigenvalue weighted by Gasteiger charge is 2.35. The van der Waals surface area contributed by atoms with E-state index < -0.39 is 0 Å². The Morgan fingerprint density at radius 3 is 3.12 bits per heavy atom. The van der Waals surface area contributed by atoms with Crippen LogP contribution >= 0.6 is 24.8 Å². The van der Waals surface area contributed by atoms with E-state index in [4.69, 9.17) is 4.74 Å². The van der Waals surface area contributed by atoms with Gasteiger partial charge in [-0.3, -0.25) is 9.78 Å². The molecular weight excluding hydrogens is 365 g/mol. The number of carbonyl (C=O) groups is 1. The van der Waals surface area contributed by atoms with E-state index in [1.165, 1.54) is 0 Å². The number of carbonyl (C=O) groups excluding carboxylic acids is 1. The van der Waals surface area contributed by atoms with Crippen LogP contribution in [0.5, 0.6) is 0 Å². The number of nitrogens with one attached hydrogen (secondary N) is 2. The summed E-state index contributed by atoms with van der Waals surface area (Å²) in [5.41, 5.74) is 1.64. The van der Waals surface area contributed by atoms with Crippen molar-refractivity contribution < 1.29 is 9.53 Å². The maximum atomic E-state index is 12.4. The van der Waals surface area contributed by atoms with Gasteiger partial charge in [0.15, 0.2) is 5.65 Å². The maximum Gasteiger partial charge on any atom is 0.223 e. The fourth-order valence-corrected chi connectivity index (χ4v) is 3.55. The van der Waals surface area contributed by atoms with Crippen molar-refractivity contribution in [2.75, 3.05) is 13.2 Å². The molecule has 0 aromatic carbocycles. The van der Waals surface area contributed by atoms with Crippen LogP contribution in [0.4, 0.5) is 0 Å². The SMILES string of the molecule is Cl.Cl.O=C(NCc1cn2ccncc2n1)[C@H]1CC[C@H]2OCCN[C@@H]2C1. The Morgan fingerprint density at radius 2 is 2.28 bits per heavy atom. The Morgan fingerprint density at radius 1 is 1.40 bits per heavy atom. The van der Waals surface area contributed by atoms with Gasteiger partial charge in [0.1, 0.15) is 0 Å². The molecule has 9 heteroatoms. The Hall–Kier alpha value is -1.41. The highest BCUT2D eigenvalue weighted by Crippen LogP contribution is 2.28. The number of hydrogen-bond acceptors (Lipinski definition) is 5. The zero-order valence-electron chi connectivity index (χ0n) is 13.8. The normalized spacial score (nSPS) is 25.4. The molecule has 1 aliphatic heterocycles. The van der Waals surface area contributed by atoms with Crippen molar-refractivity contribution in [3.63, 3.8) is 0 Å². The quantitative estimate of drug-likeness (QED) is 0.830. The molecule has 2 aromatic rings. The summed E-state index contributed by atoms with van der Waals surface area (Å²) in [6.07, 6.45) is 10.2. The van der Waals surface area contributed by atoms with Crippen molar-refractivity contribution in [1.29, 1.82) is 0 Å². The molecule has 7 nitrogen and oxygen atoms in total. The molecule has 2 aromatic heterocycles. The van der Waals surface area contributed by atoms with E-state index in [0.717, 1.165) is 43.8 Å². The molecule has 3 atom stereocenters. The summed E-state index contributed by atoms with van der Waals surface area (Å²) in [6.45, 7) is 2.11. The van der Waals surface area contributed by atoms with Crippen LogP contribution in [-0.4, -0.2) is 45.6 Å². The summed E-state index contributed by atoms with van der Waals surface area (Å²) in [6, 6.07) is 0.314. The smallest absolute Gasteiger partial charge is 0.223 e. The van der Waals surface area contributed by atoms with Crippen molar-refractivity contribution >= 4 is 36.4 Å². The van der Waals surface area contributed by atoms with Gasteiger partial charge in [0.2, 0.25) is 5.91 Å². The number of halogens is 2. The summed E-state index contributed by atoms with van der Waals surface area (Å²) < 4.78 is 7.67. The number of imidazole rings is 1. The molecule has 3 heterocycles. The molecule has 0 unspecified atom stereocenters. The number of amides is 1. The van der Waals surface area contributed by atoms with Crippen LogP contribution in [0.3, 0.4) is 0 Å². The lowest BCUT2D eigenvalue weighted by Gasteiger charge is -2.39. The minimum Gasteiger partial charge on any atom is -0.375 e. The zero-order chi connectivity index (χ0) is 15.6. The molecule has 0 radical (unpaired) electrons. The van der Waals surface area contributed by atoms with E-state index in [1.807, 2.05) is 16.8 Å². The van der Waals surface area contributed by atoms with Crippen LogP contribution in [0.1, 0.15) is 25.0 Å². The molecule has 4 rings (SSSR count). The predicted molar refractivity (Wildman–Crippen MR) is 98.2 cm³/mol. The number of nitrogens with zero attached hydrogens (tertiary/aromatic N) is 3. The van der Waals surface area contributed by atoms with Crippen molar-refractivity contribution in [3.8, 4) is 0 Å². The van der Waals surface area contributed by atoms with Gasteiger partial charge in [0.05, 0.1) is 31.1 Å². The first-order valence-electron chi connectivity index (χ1n) is 8.20. The number of morpholine rings is 1. The minimum absolute atomic E-state index is 0. The Bertz CT molecular complexity index is 678. The molecule has 2 N–H and O–H groups in total. The minimum atomic E-state index is 0. The lowest BCUT2D eigenvalue weighted by molar-refractivity contribution is -0.128. The van der Waals surface area contributed by atoms with Crippen LogP contribution in [0.2, 0.25) is 0 Å². The highest BCUT2D eigenvalue weighted by molar-refractivity contribution is 5.85. The van der Waals surface area contributed by atoms with Crippen molar-refractivity contribution in [1.82, 2.24) is 25.0 Å². The first kappa shape index (κ1) is 19.9. The second kappa shape index (κ2) is 8.80. The van der Waals surface area contributed by atoms with Crippen LogP contribution in [0.25, 0.3) is 5.65 Å². The largest absolute Gasteiger partial charge is 0.375 e. The molecule has 0 spiro atoms. The van der Waals surface area contributed by atoms with E-state index >= 15 is 0 Å². The predicted octanol–water partition coefficient (Wildman–Crippen LogP) is 1.35. The van der Waals surface area contributed by atoms with E-state index in [9.17, 15) is 4.79 Å². The summed E-state index contributed by atoms with van der Waals surface area (Å²) >= 11 is 0. The average molecular weight is 388 g/mol. The lowest BCUT2D eigenvalue weighted by atomic mass is 9.82. The third kappa shape index (κ3) is 4.41. The van der Waals surface area contributed by atoms with E-state index in [2.05, 4.69) is 20.6 Å². The van der Waals surface area contributed by atoms with Crippen molar-refractivity contribution in [2.24, 2.45) is 5.92 Å². The third-order valence-corrected chi connectivity index (χ3v) is 4.76. The van der Waals surface area contributed by atoms with E-state index in [-0.39, 0.29) is 42.7 Å². The second-order valence-electron chi connectivity index (χ2n) is 6.27. The number of hydrogen-bond donors (Lipinski definition) is 2. The first-order valence-corrected chi connectivity index (χ1v) is 8.20. The molecule has 2 fully saturated rings. The Kier molecular flexibility index (Phi) is 7.01. The summed E-state index contributed by atoms with van der Waals surface area (Å²) in [5.74, 6) is 0.176. The molecule has 1 saturated carbocycles. The second-order valence-corrected chi connectivity index (χ2v) is 6.27. The number of ether oxygens (including phenoxy) is 1. The van der Waals surface area contributed by atoms with Crippen LogP contribution in [0.15, 0.2) is 24.8 Å². The first-order chi connectivity index (χ1) is 11.3. The lowest BCUT2D eigenvalue weighted by Crippen LogP contribution is -2.53. The third-order valence-electron chi connectivity index (χ3n) is 4.76. The monoisotopic (exact) mass is 387 g/mol. The van der Waals surface area contributed by atoms with Crippen molar-refractivity contribution in [2.45, 2.75) is 38.0 Å². The number of aromatic nitrogens is 3. The number of rotatable bonds is 3. The van der Waals surface area contributed by atoms with Gasteiger partial charge in [-0.15, -0.1) is 24.8 Å². The molecule has 1 saturated heterocycles. The van der Waals surface area contributed by atoms with Gasteiger partial charge in [0, 0.05) is 37.1 Å². The molecule has 1 amide bonds. The fourth-order valence-electron chi connectivity index (χ4n) is 3.55. The Balaban J connectivity index is 0.00000113. The van der Waals surface area contributed by atoms with Crippen LogP contribution < -0.4 is 10.6 Å². The summed E-state index contributed by atoms with van der Waals surface area (Å²) in [4.78, 5) is 20.9. The van der Waals surface area contributed by atoms with Gasteiger partial charge in [-0.2, -0.15) is 0 Å². The van der Waals surface area contributed by atoms with Crippen LogP contribution in [-0.2, 0) is 16.1 Å². The molecule has 25 heavy (non-hydrogen) atoms. The number of fused-ring (bicyclic) bond motifs is 2. The molecule has 138 valence electrons. The van der Waals surface area contributed by atoms with Crippen LogP contribution in [0, 0.1) is 5.92 Å². The molecule has 0 bridgehead atoms. The molecular formula is C16H23Cl2N5O2. The summed E-state index contributed by atoms with van der Waals surface area (Å²) in [7, 11) is 0. The topological polar surface area (TPSA) is 80.6 Å². The Labute approximate surface area is 158 Å². The highest BCUT2D eigenvalue weighted by atomic mass is 35.5. The molecule has 1 aliphatic carbocycles.